The van der Waals surface area contributed by atoms with E-state index in [2.05, 4.69) is 60.3 Å². The van der Waals surface area contributed by atoms with Crippen LogP contribution in [-0.2, 0) is 6.54 Å². The van der Waals surface area contributed by atoms with Gasteiger partial charge in [-0.05, 0) is 42.5 Å². The van der Waals surface area contributed by atoms with Crippen LogP contribution in [0.5, 0.6) is 0 Å². The SMILES string of the molecule is C/C=S(/NCc1ccccc1)c1cc(N)ccc1C. The number of nitrogens with two attached hydrogens (primary N) is 1. The minimum absolute atomic E-state index is 0.0722. The maximum atomic E-state index is 5.89. The van der Waals surface area contributed by atoms with Gasteiger partial charge in [-0.3, -0.25) is 4.72 Å². The molecule has 0 amide bonds. The summed E-state index contributed by atoms with van der Waals surface area (Å²) in [6.07, 6.45) is 0. The fourth-order valence-corrected chi connectivity index (χ4v) is 3.47. The summed E-state index contributed by atoms with van der Waals surface area (Å²) in [5.74, 6) is 0. The van der Waals surface area contributed by atoms with Gasteiger partial charge in [-0.15, -0.1) is 0 Å². The molecule has 2 aromatic carbocycles. The van der Waals surface area contributed by atoms with Gasteiger partial charge in [0.25, 0.3) is 0 Å². The first-order valence-electron chi connectivity index (χ1n) is 6.37. The lowest BCUT2D eigenvalue weighted by atomic mass is 10.2. The van der Waals surface area contributed by atoms with Gasteiger partial charge in [-0.25, -0.2) is 0 Å². The fourth-order valence-electron chi connectivity index (χ4n) is 1.90. The summed E-state index contributed by atoms with van der Waals surface area (Å²) in [5, 5.41) is 2.20. The average Bonchev–Trinajstić information content (AvgIpc) is 2.44. The van der Waals surface area contributed by atoms with Crippen molar-refractivity contribution in [2.24, 2.45) is 0 Å². The number of aryl methyl sites for hydroxylation is 1. The quantitative estimate of drug-likeness (QED) is 0.657. The second-order valence-electron chi connectivity index (χ2n) is 4.41. The Labute approximate surface area is 117 Å². The maximum Gasteiger partial charge on any atom is 0.0325 e. The summed E-state index contributed by atoms with van der Waals surface area (Å²) >= 11 is 0. The highest BCUT2D eigenvalue weighted by atomic mass is 32.2. The van der Waals surface area contributed by atoms with Crippen molar-refractivity contribution >= 4 is 21.7 Å². The lowest BCUT2D eigenvalue weighted by Crippen LogP contribution is -2.07. The molecule has 0 saturated carbocycles. The van der Waals surface area contributed by atoms with E-state index in [1.165, 1.54) is 16.0 Å². The third-order valence-electron chi connectivity index (χ3n) is 2.96. The van der Waals surface area contributed by atoms with Gasteiger partial charge < -0.3 is 5.73 Å². The molecule has 0 aliphatic heterocycles. The van der Waals surface area contributed by atoms with Crippen molar-refractivity contribution in [2.45, 2.75) is 25.3 Å². The van der Waals surface area contributed by atoms with Crippen LogP contribution in [0.3, 0.4) is 0 Å². The highest BCUT2D eigenvalue weighted by molar-refractivity contribution is 8.13. The largest absolute Gasteiger partial charge is 0.399 e. The second kappa shape index (κ2) is 6.55. The van der Waals surface area contributed by atoms with E-state index in [9.17, 15) is 0 Å². The first-order valence-corrected chi connectivity index (χ1v) is 7.65. The Morgan fingerprint density at radius 3 is 2.58 bits per heavy atom. The summed E-state index contributed by atoms with van der Waals surface area (Å²) in [7, 11) is -0.0722. The third-order valence-corrected chi connectivity index (χ3v) is 4.80. The van der Waals surface area contributed by atoms with E-state index in [-0.39, 0.29) is 10.7 Å². The molecule has 19 heavy (non-hydrogen) atoms. The molecule has 2 rings (SSSR count). The van der Waals surface area contributed by atoms with Gasteiger partial charge in [0.05, 0.1) is 0 Å². The molecule has 0 aliphatic carbocycles. The topological polar surface area (TPSA) is 38.0 Å². The van der Waals surface area contributed by atoms with Crippen molar-refractivity contribution in [2.75, 3.05) is 5.73 Å². The Kier molecular flexibility index (Phi) is 4.77. The molecule has 0 aliphatic rings. The van der Waals surface area contributed by atoms with Gasteiger partial charge in [-0.1, -0.05) is 47.1 Å². The van der Waals surface area contributed by atoms with E-state index < -0.39 is 0 Å². The number of rotatable bonds is 4. The van der Waals surface area contributed by atoms with Gasteiger partial charge in [0.15, 0.2) is 0 Å². The van der Waals surface area contributed by atoms with Crippen LogP contribution < -0.4 is 10.5 Å². The predicted molar refractivity (Wildman–Crippen MR) is 86.5 cm³/mol. The van der Waals surface area contributed by atoms with Crippen molar-refractivity contribution in [3.05, 3.63) is 59.7 Å². The number of nitrogens with one attached hydrogen (secondary N) is 1. The Morgan fingerprint density at radius 2 is 1.89 bits per heavy atom. The molecule has 0 bridgehead atoms. The van der Waals surface area contributed by atoms with Crippen LogP contribution in [0.15, 0.2) is 53.4 Å². The predicted octanol–water partition coefficient (Wildman–Crippen LogP) is 3.73. The highest BCUT2D eigenvalue weighted by Gasteiger charge is 2.03. The normalized spacial score (nSPS) is 12.5. The van der Waals surface area contributed by atoms with Crippen molar-refractivity contribution in [3.63, 3.8) is 0 Å². The highest BCUT2D eigenvalue weighted by Crippen LogP contribution is 2.28. The Bertz CT molecular complexity index is 577. The summed E-state index contributed by atoms with van der Waals surface area (Å²) in [6, 6.07) is 16.5. The summed E-state index contributed by atoms with van der Waals surface area (Å²) in [6.45, 7) is 5.08. The molecule has 0 radical (unpaired) electrons. The van der Waals surface area contributed by atoms with E-state index >= 15 is 0 Å². The zero-order valence-electron chi connectivity index (χ0n) is 11.4. The lowest BCUT2D eigenvalue weighted by Gasteiger charge is -2.14. The number of hydrogen-bond donors (Lipinski definition) is 2. The van der Waals surface area contributed by atoms with Crippen molar-refractivity contribution in [3.8, 4) is 0 Å². The monoisotopic (exact) mass is 272 g/mol. The van der Waals surface area contributed by atoms with Crippen LogP contribution in [-0.4, -0.2) is 5.37 Å². The Hall–Kier alpha value is -1.58. The van der Waals surface area contributed by atoms with Crippen LogP contribution in [0.2, 0.25) is 0 Å². The number of hydrogen-bond acceptors (Lipinski definition) is 2. The Balaban J connectivity index is 2.15. The second-order valence-corrected chi connectivity index (χ2v) is 6.28. The zero-order chi connectivity index (χ0) is 13.7. The van der Waals surface area contributed by atoms with Gasteiger partial charge in [0, 0.05) is 17.1 Å². The van der Waals surface area contributed by atoms with Crippen molar-refractivity contribution in [1.29, 1.82) is 0 Å². The molecule has 0 heterocycles. The molecule has 100 valence electrons. The molecular formula is C16H20N2S. The molecule has 0 fully saturated rings. The molecule has 1 atom stereocenters. The third kappa shape index (κ3) is 3.69. The molecule has 0 spiro atoms. The molecule has 0 aromatic heterocycles. The summed E-state index contributed by atoms with van der Waals surface area (Å²) in [5.41, 5.74) is 9.28. The van der Waals surface area contributed by atoms with Gasteiger partial charge in [0.1, 0.15) is 0 Å². The minimum atomic E-state index is -0.0722. The first kappa shape index (κ1) is 13.8. The lowest BCUT2D eigenvalue weighted by molar-refractivity contribution is 0.972. The van der Waals surface area contributed by atoms with Crippen LogP contribution in [0, 0.1) is 6.92 Å². The average molecular weight is 272 g/mol. The standard InChI is InChI=1S/C16H20N2S/c1-3-19(16-11-15(17)10-9-13(16)2)18-12-14-7-5-4-6-8-14/h3-11,18H,12,17H2,1-2H3. The molecule has 1 unspecified atom stereocenters. The van der Waals surface area contributed by atoms with Crippen molar-refractivity contribution < 1.29 is 0 Å². The molecule has 0 saturated heterocycles. The molecular weight excluding hydrogens is 252 g/mol. The van der Waals surface area contributed by atoms with Gasteiger partial charge in [0.2, 0.25) is 0 Å². The number of benzene rings is 2. The molecule has 2 aromatic rings. The van der Waals surface area contributed by atoms with Crippen LogP contribution in [0.25, 0.3) is 0 Å². The van der Waals surface area contributed by atoms with Gasteiger partial charge >= 0.3 is 0 Å². The number of anilines is 1. The van der Waals surface area contributed by atoms with Crippen molar-refractivity contribution in [1.82, 2.24) is 4.72 Å². The maximum absolute atomic E-state index is 5.89. The van der Waals surface area contributed by atoms with E-state index in [0.717, 1.165) is 12.2 Å². The molecule has 2 nitrogen and oxygen atoms in total. The molecule has 3 heteroatoms. The van der Waals surface area contributed by atoms with Crippen LogP contribution in [0.4, 0.5) is 5.69 Å². The zero-order valence-corrected chi connectivity index (χ0v) is 12.2. The minimum Gasteiger partial charge on any atom is -0.399 e. The smallest absolute Gasteiger partial charge is 0.0325 e. The van der Waals surface area contributed by atoms with Crippen LogP contribution >= 0.6 is 10.7 Å². The van der Waals surface area contributed by atoms with Crippen LogP contribution in [0.1, 0.15) is 18.1 Å². The van der Waals surface area contributed by atoms with E-state index in [0.29, 0.717) is 0 Å². The van der Waals surface area contributed by atoms with E-state index in [1.807, 2.05) is 12.1 Å². The Morgan fingerprint density at radius 1 is 1.16 bits per heavy atom. The summed E-state index contributed by atoms with van der Waals surface area (Å²) in [4.78, 5) is 1.28. The number of nitrogen functional groups attached to an aromatic ring is 1. The molecule has 3 N–H and O–H groups in total. The van der Waals surface area contributed by atoms with Gasteiger partial charge in [-0.2, -0.15) is 0 Å². The van der Waals surface area contributed by atoms with E-state index in [4.69, 9.17) is 5.73 Å². The fraction of sp³-hybridized carbons (Fsp3) is 0.188. The summed E-state index contributed by atoms with van der Waals surface area (Å²) < 4.78 is 3.59. The first-order chi connectivity index (χ1) is 9.20. The van der Waals surface area contributed by atoms with E-state index in [1.54, 1.807) is 0 Å².